The van der Waals surface area contributed by atoms with Crippen molar-refractivity contribution in [3.8, 4) is 11.5 Å². The molecule has 0 fully saturated rings. The van der Waals surface area contributed by atoms with Gasteiger partial charge in [-0.1, -0.05) is 176 Å². The zero-order valence-corrected chi connectivity index (χ0v) is 34.4. The molecule has 3 aromatic carbocycles. The van der Waals surface area contributed by atoms with Crippen LogP contribution in [0.25, 0.3) is 0 Å². The van der Waals surface area contributed by atoms with Gasteiger partial charge in [0, 0.05) is 0 Å². The molecule has 4 heteroatoms. The van der Waals surface area contributed by atoms with Crippen LogP contribution in [0.5, 0.6) is 11.5 Å². The van der Waals surface area contributed by atoms with Gasteiger partial charge in [-0.15, -0.1) is 0 Å². The van der Waals surface area contributed by atoms with E-state index in [-0.39, 0.29) is 0 Å². The fourth-order valence-electron chi connectivity index (χ4n) is 6.52. The van der Waals surface area contributed by atoms with Crippen LogP contribution in [0.4, 0.5) is 0 Å². The molecule has 0 amide bonds. The minimum atomic E-state index is -2.86. The van der Waals surface area contributed by atoms with Crippen LogP contribution < -0.4 is 14.4 Å². The first-order valence-electron chi connectivity index (χ1n) is 20.8. The Bertz CT molecular complexity index is 1460. The van der Waals surface area contributed by atoms with Crippen LogP contribution in [0.1, 0.15) is 153 Å². The first kappa shape index (κ1) is 43.5. The Morgan fingerprint density at radius 2 is 0.962 bits per heavy atom. The molecule has 3 aromatic rings. The third-order valence-electron chi connectivity index (χ3n) is 9.59. The normalized spacial score (nSPS) is 13.0. The lowest BCUT2D eigenvalue weighted by Gasteiger charge is -2.24. The smallest absolute Gasteiger partial charge is 0.319 e. The van der Waals surface area contributed by atoms with Gasteiger partial charge < -0.3 is 9.05 Å². The predicted molar refractivity (Wildman–Crippen MR) is 233 cm³/mol. The average Bonchev–Trinajstić information content (AvgIpc) is 3.16. The molecule has 0 aliphatic carbocycles. The number of hydrogen-bond donors (Lipinski definition) is 0. The molecule has 3 rings (SSSR count). The number of unbranched alkanes of at least 4 members (excludes halogenated alkanes) is 16. The Hall–Kier alpha value is -2.87. The molecule has 0 heterocycles. The van der Waals surface area contributed by atoms with E-state index in [0.717, 1.165) is 42.5 Å². The van der Waals surface area contributed by atoms with Crippen molar-refractivity contribution < 1.29 is 9.05 Å². The van der Waals surface area contributed by atoms with Crippen molar-refractivity contribution in [2.24, 2.45) is 0 Å². The summed E-state index contributed by atoms with van der Waals surface area (Å²) >= 11 is 6.27. The summed E-state index contributed by atoms with van der Waals surface area (Å²) in [6.07, 6.45) is 41.5. The summed E-state index contributed by atoms with van der Waals surface area (Å²) in [6.45, 7) is 1.50. The average molecular weight is 741 g/mol. The predicted octanol–water partition coefficient (Wildman–Crippen LogP) is 15.4. The minimum absolute atomic E-state index is 0.790. The Morgan fingerprint density at radius 1 is 0.500 bits per heavy atom. The summed E-state index contributed by atoms with van der Waals surface area (Å²) in [5.74, 6) is 1.59. The Morgan fingerprint density at radius 3 is 1.48 bits per heavy atom. The SMILES string of the molecule is C/C=C/C/C=C/C/C=C/CCCCCCc1cccc(OP(=S)(Oc2cccc(CCCCCCCCCCCCCCC)c2)c2ccccc2)c1. The van der Waals surface area contributed by atoms with Gasteiger partial charge >= 0.3 is 6.49 Å². The molecule has 0 spiro atoms. The highest BCUT2D eigenvalue weighted by molar-refractivity contribution is 8.13. The van der Waals surface area contributed by atoms with E-state index in [1.165, 1.54) is 127 Å². The molecule has 0 radical (unpaired) electrons. The lowest BCUT2D eigenvalue weighted by molar-refractivity contribution is 0.497. The second-order valence-corrected chi connectivity index (χ2v) is 17.6. The van der Waals surface area contributed by atoms with Gasteiger partial charge in [-0.3, -0.25) is 0 Å². The van der Waals surface area contributed by atoms with Gasteiger partial charge in [0.1, 0.15) is 11.5 Å². The van der Waals surface area contributed by atoms with Crippen molar-refractivity contribution in [3.05, 3.63) is 126 Å². The lowest BCUT2D eigenvalue weighted by Crippen LogP contribution is -2.14. The van der Waals surface area contributed by atoms with Crippen LogP contribution in [0.2, 0.25) is 0 Å². The van der Waals surface area contributed by atoms with E-state index in [0.29, 0.717) is 0 Å². The molecule has 0 saturated heterocycles. The van der Waals surface area contributed by atoms with Crippen molar-refractivity contribution in [1.82, 2.24) is 0 Å². The monoisotopic (exact) mass is 740 g/mol. The second-order valence-electron chi connectivity index (χ2n) is 14.2. The summed E-state index contributed by atoms with van der Waals surface area (Å²) < 4.78 is 13.3. The Labute approximate surface area is 324 Å². The third kappa shape index (κ3) is 19.8. The van der Waals surface area contributed by atoms with Crippen LogP contribution >= 0.6 is 6.49 Å². The summed E-state index contributed by atoms with van der Waals surface area (Å²) in [6, 6.07) is 27.1. The van der Waals surface area contributed by atoms with E-state index in [1.54, 1.807) is 0 Å². The fraction of sp³-hybridized carbons (Fsp3) is 0.500. The van der Waals surface area contributed by atoms with Crippen molar-refractivity contribution >= 4 is 23.6 Å². The minimum Gasteiger partial charge on any atom is -0.432 e. The number of aryl methyl sites for hydroxylation is 2. The summed E-state index contributed by atoms with van der Waals surface area (Å²) in [5.41, 5.74) is 2.59. The second kappa shape index (κ2) is 28.6. The van der Waals surface area contributed by atoms with E-state index < -0.39 is 6.49 Å². The Kier molecular flexibility index (Phi) is 24.0. The van der Waals surface area contributed by atoms with E-state index in [9.17, 15) is 0 Å². The highest BCUT2D eigenvalue weighted by Crippen LogP contribution is 2.48. The highest BCUT2D eigenvalue weighted by Gasteiger charge is 2.26. The molecule has 0 aliphatic rings. The van der Waals surface area contributed by atoms with Gasteiger partial charge in [0.05, 0.1) is 5.30 Å². The number of benzene rings is 3. The molecular weight excluding hydrogens is 672 g/mol. The molecule has 1 unspecified atom stereocenters. The molecule has 0 saturated carbocycles. The molecule has 52 heavy (non-hydrogen) atoms. The van der Waals surface area contributed by atoms with Gasteiger partial charge in [-0.2, -0.15) is 0 Å². The quantitative estimate of drug-likeness (QED) is 0.0385. The van der Waals surface area contributed by atoms with Crippen molar-refractivity contribution in [1.29, 1.82) is 0 Å². The van der Waals surface area contributed by atoms with Crippen molar-refractivity contribution in [2.75, 3.05) is 0 Å². The number of rotatable bonds is 30. The molecule has 1 atom stereocenters. The first-order valence-corrected chi connectivity index (χ1v) is 23.4. The standard InChI is InChI=1S/C48H69O2PS/c1-3-5-7-9-11-13-15-17-19-21-23-25-28-34-44-36-32-38-46(42-44)49-51(52,48-40-30-27-31-41-48)50-47-39-33-37-45(43-47)35-29-26-24-22-20-18-16-14-12-10-8-6-4-2/h3,5,9,11,15,17,27,30-33,36-43H,4,6-8,10,12-14,16,18-26,28-29,34-35H2,1-2H3/b5-3+,11-9+,17-15+. The zero-order chi connectivity index (χ0) is 36.8. The molecule has 0 aromatic heterocycles. The zero-order valence-electron chi connectivity index (χ0n) is 32.7. The van der Waals surface area contributed by atoms with Crippen LogP contribution in [-0.2, 0) is 24.6 Å². The van der Waals surface area contributed by atoms with Crippen molar-refractivity contribution in [3.63, 3.8) is 0 Å². The van der Waals surface area contributed by atoms with Gasteiger partial charge in [-0.05, 0) is 118 Å². The fourth-order valence-corrected chi connectivity index (χ4v) is 8.97. The number of allylic oxidation sites excluding steroid dienone is 6. The van der Waals surface area contributed by atoms with Gasteiger partial charge in [0.15, 0.2) is 0 Å². The first-order chi connectivity index (χ1) is 25.6. The van der Waals surface area contributed by atoms with Gasteiger partial charge in [-0.25, -0.2) is 0 Å². The van der Waals surface area contributed by atoms with Crippen LogP contribution in [-0.4, -0.2) is 0 Å². The van der Waals surface area contributed by atoms with Crippen LogP contribution in [0.15, 0.2) is 115 Å². The molecule has 2 nitrogen and oxygen atoms in total. The van der Waals surface area contributed by atoms with E-state index in [4.69, 9.17) is 20.9 Å². The topological polar surface area (TPSA) is 18.5 Å². The Balaban J connectivity index is 1.42. The summed E-state index contributed by atoms with van der Waals surface area (Å²) in [7, 11) is 0. The molecule has 0 bridgehead atoms. The maximum atomic E-state index is 6.67. The lowest BCUT2D eigenvalue weighted by atomic mass is 10.0. The van der Waals surface area contributed by atoms with E-state index >= 15 is 0 Å². The van der Waals surface area contributed by atoms with Gasteiger partial charge in [0.2, 0.25) is 0 Å². The molecule has 284 valence electrons. The summed E-state index contributed by atoms with van der Waals surface area (Å²) in [5, 5.41) is 0.927. The maximum Gasteiger partial charge on any atom is 0.319 e. The van der Waals surface area contributed by atoms with E-state index in [1.807, 2.05) is 42.5 Å². The molecule has 0 aliphatic heterocycles. The van der Waals surface area contributed by atoms with Gasteiger partial charge in [0.25, 0.3) is 0 Å². The largest absolute Gasteiger partial charge is 0.432 e. The van der Waals surface area contributed by atoms with Crippen molar-refractivity contribution in [2.45, 2.75) is 155 Å². The van der Waals surface area contributed by atoms with Crippen LogP contribution in [0.3, 0.4) is 0 Å². The molecular formula is C48H69O2PS. The highest BCUT2D eigenvalue weighted by atomic mass is 32.5. The van der Waals surface area contributed by atoms with Crippen LogP contribution in [0, 0.1) is 0 Å². The summed E-state index contributed by atoms with van der Waals surface area (Å²) in [4.78, 5) is 0. The maximum absolute atomic E-state index is 6.67. The third-order valence-corrected chi connectivity index (χ3v) is 12.5. The van der Waals surface area contributed by atoms with E-state index in [2.05, 4.69) is 86.7 Å². The number of hydrogen-bond acceptors (Lipinski definition) is 3. The molecule has 0 N–H and O–H groups in total.